The number of esters is 1. The van der Waals surface area contributed by atoms with Crippen LogP contribution in [0.3, 0.4) is 0 Å². The van der Waals surface area contributed by atoms with Crippen LogP contribution in [0.2, 0.25) is 5.02 Å². The molecule has 0 saturated carbocycles. The Morgan fingerprint density at radius 2 is 1.97 bits per heavy atom. The number of aryl methyl sites for hydroxylation is 1. The molecule has 1 atom stereocenters. The Morgan fingerprint density at radius 1 is 1.23 bits per heavy atom. The fraction of sp³-hybridized carbons (Fsp3) is 0.238. The highest BCUT2D eigenvalue weighted by Crippen LogP contribution is 2.31. The molecule has 0 fully saturated rings. The zero-order valence-corrected chi connectivity index (χ0v) is 17.5. The third-order valence-corrected chi connectivity index (χ3v) is 4.80. The Labute approximate surface area is 178 Å². The summed E-state index contributed by atoms with van der Waals surface area (Å²) >= 11 is 6.08. The standard InChI is InChI=1S/C21H21ClN4O4/c1-13-8-18(19(29-3)9-17(13)22)25-20(27)14(2)30-21(28)16-6-4-15(5-7-16)10-26-12-23-11-24-26/h4-9,11-12,14H,10H2,1-3H3,(H,25,27). The van der Waals surface area contributed by atoms with Crippen LogP contribution in [0.4, 0.5) is 5.69 Å². The number of hydrogen-bond donors (Lipinski definition) is 1. The molecule has 3 rings (SSSR count). The first-order chi connectivity index (χ1) is 14.4. The van der Waals surface area contributed by atoms with Crippen LogP contribution in [0.15, 0.2) is 49.1 Å². The molecule has 0 bridgehead atoms. The van der Waals surface area contributed by atoms with E-state index >= 15 is 0 Å². The molecule has 1 amide bonds. The van der Waals surface area contributed by atoms with Gasteiger partial charge in [0.25, 0.3) is 5.91 Å². The number of nitrogens with zero attached hydrogens (tertiary/aromatic N) is 3. The number of anilines is 1. The Balaban J connectivity index is 1.61. The zero-order valence-electron chi connectivity index (χ0n) is 16.8. The lowest BCUT2D eigenvalue weighted by atomic mass is 10.1. The van der Waals surface area contributed by atoms with Crippen LogP contribution < -0.4 is 10.1 Å². The van der Waals surface area contributed by atoms with Crippen molar-refractivity contribution >= 4 is 29.2 Å². The van der Waals surface area contributed by atoms with E-state index in [9.17, 15) is 9.59 Å². The lowest BCUT2D eigenvalue weighted by Gasteiger charge is -2.16. The number of hydrogen-bond acceptors (Lipinski definition) is 6. The van der Waals surface area contributed by atoms with Crippen molar-refractivity contribution in [1.29, 1.82) is 0 Å². The van der Waals surface area contributed by atoms with E-state index in [1.807, 2.05) is 6.92 Å². The summed E-state index contributed by atoms with van der Waals surface area (Å²) in [7, 11) is 1.48. The lowest BCUT2D eigenvalue weighted by molar-refractivity contribution is -0.123. The van der Waals surface area contributed by atoms with E-state index in [1.54, 1.807) is 47.4 Å². The summed E-state index contributed by atoms with van der Waals surface area (Å²) in [5.41, 5.74) is 2.53. The average molecular weight is 429 g/mol. The molecule has 156 valence electrons. The van der Waals surface area contributed by atoms with Crippen molar-refractivity contribution in [3.8, 4) is 5.75 Å². The number of amides is 1. The fourth-order valence-electron chi connectivity index (χ4n) is 2.69. The quantitative estimate of drug-likeness (QED) is 0.579. The summed E-state index contributed by atoms with van der Waals surface area (Å²) in [6.45, 7) is 3.85. The monoisotopic (exact) mass is 428 g/mol. The summed E-state index contributed by atoms with van der Waals surface area (Å²) in [6, 6.07) is 10.2. The second-order valence-electron chi connectivity index (χ2n) is 6.63. The minimum atomic E-state index is -1.01. The predicted molar refractivity (Wildman–Crippen MR) is 112 cm³/mol. The molecule has 0 spiro atoms. The van der Waals surface area contributed by atoms with Crippen molar-refractivity contribution in [2.24, 2.45) is 0 Å². The van der Waals surface area contributed by atoms with Gasteiger partial charge in [0.2, 0.25) is 0 Å². The minimum Gasteiger partial charge on any atom is -0.495 e. The maximum absolute atomic E-state index is 12.5. The largest absolute Gasteiger partial charge is 0.495 e. The number of ether oxygens (including phenoxy) is 2. The SMILES string of the molecule is COc1cc(Cl)c(C)cc1NC(=O)C(C)OC(=O)c1ccc(Cn2cncn2)cc1. The van der Waals surface area contributed by atoms with E-state index in [2.05, 4.69) is 15.4 Å². The predicted octanol–water partition coefficient (Wildman–Crippen LogP) is 3.48. The van der Waals surface area contributed by atoms with Gasteiger partial charge in [0.05, 0.1) is 24.9 Å². The normalized spacial score (nSPS) is 11.6. The first kappa shape index (κ1) is 21.3. The molecule has 2 aromatic carbocycles. The summed E-state index contributed by atoms with van der Waals surface area (Å²) in [5, 5.41) is 7.27. The zero-order chi connectivity index (χ0) is 21.7. The molecule has 1 unspecified atom stereocenters. The summed E-state index contributed by atoms with van der Waals surface area (Å²) in [6.07, 6.45) is 2.06. The number of carbonyl (C=O) groups excluding carboxylic acids is 2. The van der Waals surface area contributed by atoms with Gasteiger partial charge < -0.3 is 14.8 Å². The summed E-state index contributed by atoms with van der Waals surface area (Å²) < 4.78 is 12.2. The van der Waals surface area contributed by atoms with Gasteiger partial charge >= 0.3 is 5.97 Å². The van der Waals surface area contributed by atoms with E-state index in [1.165, 1.54) is 20.4 Å². The highest BCUT2D eigenvalue weighted by Gasteiger charge is 2.20. The second kappa shape index (κ2) is 9.41. The van der Waals surface area contributed by atoms with Crippen molar-refractivity contribution in [3.05, 3.63) is 70.8 Å². The van der Waals surface area contributed by atoms with Gasteiger partial charge in [-0.25, -0.2) is 14.5 Å². The van der Waals surface area contributed by atoms with Crippen molar-refractivity contribution in [2.75, 3.05) is 12.4 Å². The molecule has 0 radical (unpaired) electrons. The smallest absolute Gasteiger partial charge is 0.338 e. The highest BCUT2D eigenvalue weighted by molar-refractivity contribution is 6.31. The molecule has 8 nitrogen and oxygen atoms in total. The van der Waals surface area contributed by atoms with E-state index in [-0.39, 0.29) is 0 Å². The van der Waals surface area contributed by atoms with Crippen molar-refractivity contribution in [1.82, 2.24) is 14.8 Å². The van der Waals surface area contributed by atoms with E-state index in [4.69, 9.17) is 21.1 Å². The van der Waals surface area contributed by atoms with Gasteiger partial charge in [0, 0.05) is 11.1 Å². The van der Waals surface area contributed by atoms with Crippen molar-refractivity contribution in [3.63, 3.8) is 0 Å². The van der Waals surface area contributed by atoms with Crippen LogP contribution in [0.1, 0.15) is 28.4 Å². The molecular weight excluding hydrogens is 408 g/mol. The van der Waals surface area contributed by atoms with E-state index < -0.39 is 18.0 Å². The Morgan fingerprint density at radius 3 is 2.60 bits per heavy atom. The molecule has 0 aliphatic heterocycles. The molecule has 0 aliphatic rings. The van der Waals surface area contributed by atoms with Crippen molar-refractivity contribution in [2.45, 2.75) is 26.5 Å². The average Bonchev–Trinajstić information content (AvgIpc) is 3.24. The molecule has 1 N–H and O–H groups in total. The molecule has 3 aromatic rings. The fourth-order valence-corrected chi connectivity index (χ4v) is 2.85. The highest BCUT2D eigenvalue weighted by atomic mass is 35.5. The number of rotatable bonds is 7. The second-order valence-corrected chi connectivity index (χ2v) is 7.04. The number of carbonyl (C=O) groups is 2. The first-order valence-corrected chi connectivity index (χ1v) is 9.52. The van der Waals surface area contributed by atoms with Crippen molar-refractivity contribution < 1.29 is 19.1 Å². The first-order valence-electron chi connectivity index (χ1n) is 9.14. The van der Waals surface area contributed by atoms with Gasteiger partial charge in [-0.05, 0) is 43.2 Å². The van der Waals surface area contributed by atoms with Gasteiger partial charge in [-0.1, -0.05) is 23.7 Å². The van der Waals surface area contributed by atoms with Crippen LogP contribution in [-0.4, -0.2) is 39.9 Å². The Hall–Kier alpha value is -3.39. The third-order valence-electron chi connectivity index (χ3n) is 4.39. The van der Waals surface area contributed by atoms with Gasteiger partial charge in [-0.15, -0.1) is 0 Å². The number of halogens is 1. The van der Waals surface area contributed by atoms with Gasteiger partial charge in [-0.3, -0.25) is 4.79 Å². The Kier molecular flexibility index (Phi) is 6.68. The van der Waals surface area contributed by atoms with Crippen LogP contribution in [0.25, 0.3) is 0 Å². The maximum Gasteiger partial charge on any atom is 0.338 e. The molecule has 0 aliphatic carbocycles. The number of benzene rings is 2. The molecule has 1 heterocycles. The molecular formula is C21H21ClN4O4. The van der Waals surface area contributed by atoms with Gasteiger partial charge in [0.1, 0.15) is 18.4 Å². The lowest BCUT2D eigenvalue weighted by Crippen LogP contribution is -2.30. The number of nitrogens with one attached hydrogen (secondary N) is 1. The number of aromatic nitrogens is 3. The summed E-state index contributed by atoms with van der Waals surface area (Å²) in [4.78, 5) is 28.8. The van der Waals surface area contributed by atoms with Crippen LogP contribution in [0, 0.1) is 6.92 Å². The molecule has 0 saturated heterocycles. The molecule has 30 heavy (non-hydrogen) atoms. The van der Waals surface area contributed by atoms with Crippen LogP contribution in [0.5, 0.6) is 5.75 Å². The van der Waals surface area contributed by atoms with E-state index in [0.29, 0.717) is 28.6 Å². The Bertz CT molecular complexity index is 1040. The van der Waals surface area contributed by atoms with Gasteiger partial charge in [-0.2, -0.15) is 5.10 Å². The maximum atomic E-state index is 12.5. The molecule has 1 aromatic heterocycles. The summed E-state index contributed by atoms with van der Waals surface area (Å²) in [5.74, 6) is -0.657. The van der Waals surface area contributed by atoms with E-state index in [0.717, 1.165) is 11.1 Å². The van der Waals surface area contributed by atoms with Crippen LogP contribution >= 0.6 is 11.6 Å². The third kappa shape index (κ3) is 5.15. The topological polar surface area (TPSA) is 95.3 Å². The minimum absolute atomic E-state index is 0.344. The van der Waals surface area contributed by atoms with Crippen LogP contribution in [-0.2, 0) is 16.1 Å². The van der Waals surface area contributed by atoms with Gasteiger partial charge in [0.15, 0.2) is 6.10 Å². The number of methoxy groups -OCH3 is 1. The molecule has 9 heteroatoms.